The fourth-order valence-corrected chi connectivity index (χ4v) is 2.61. The highest BCUT2D eigenvalue weighted by Gasteiger charge is 2.11. The molecule has 1 heterocycles. The Labute approximate surface area is 132 Å². The molecule has 1 atom stereocenters. The van der Waals surface area contributed by atoms with Gasteiger partial charge in [0.05, 0.1) is 18.7 Å². The van der Waals surface area contributed by atoms with Gasteiger partial charge < -0.3 is 14.8 Å². The largest absolute Gasteiger partial charge is 0.484 e. The van der Waals surface area contributed by atoms with Crippen molar-refractivity contribution in [3.63, 3.8) is 0 Å². The lowest BCUT2D eigenvalue weighted by molar-refractivity contribution is -0.123. The Balaban J connectivity index is 1.87. The van der Waals surface area contributed by atoms with Crippen molar-refractivity contribution in [1.82, 2.24) is 5.32 Å². The molecule has 1 amide bonds. The van der Waals surface area contributed by atoms with E-state index in [-0.39, 0.29) is 18.6 Å². The fourth-order valence-electron chi connectivity index (χ4n) is 1.87. The number of hydrogen-bond acceptors (Lipinski definition) is 5. The van der Waals surface area contributed by atoms with Gasteiger partial charge in [-0.15, -0.1) is 11.3 Å². The molecule has 0 bridgehead atoms. The molecular formula is C16H17NO4S. The number of methoxy groups -OCH3 is 1. The zero-order valence-corrected chi connectivity index (χ0v) is 13.2. The van der Waals surface area contributed by atoms with Gasteiger partial charge >= 0.3 is 5.97 Å². The van der Waals surface area contributed by atoms with Gasteiger partial charge in [-0.3, -0.25) is 4.79 Å². The highest BCUT2D eigenvalue weighted by molar-refractivity contribution is 7.10. The molecule has 6 heteroatoms. The molecule has 0 saturated heterocycles. The molecular weight excluding hydrogens is 302 g/mol. The molecule has 0 spiro atoms. The first-order valence-electron chi connectivity index (χ1n) is 6.74. The van der Waals surface area contributed by atoms with Crippen molar-refractivity contribution in [2.75, 3.05) is 13.7 Å². The molecule has 0 fully saturated rings. The molecule has 0 aliphatic rings. The van der Waals surface area contributed by atoms with Crippen LogP contribution in [0.2, 0.25) is 0 Å². The Morgan fingerprint density at radius 1 is 1.27 bits per heavy atom. The van der Waals surface area contributed by atoms with Crippen molar-refractivity contribution < 1.29 is 19.1 Å². The summed E-state index contributed by atoms with van der Waals surface area (Å²) in [6.07, 6.45) is 0. The van der Waals surface area contributed by atoms with Crippen LogP contribution in [0.1, 0.15) is 28.2 Å². The van der Waals surface area contributed by atoms with E-state index in [4.69, 9.17) is 4.74 Å². The topological polar surface area (TPSA) is 64.6 Å². The second-order valence-corrected chi connectivity index (χ2v) is 5.59. The fraction of sp³-hybridized carbons (Fsp3) is 0.250. The van der Waals surface area contributed by atoms with Gasteiger partial charge in [-0.1, -0.05) is 12.1 Å². The minimum atomic E-state index is -0.443. The summed E-state index contributed by atoms with van der Waals surface area (Å²) < 4.78 is 10.0. The van der Waals surface area contributed by atoms with Gasteiger partial charge in [0.15, 0.2) is 6.61 Å². The summed E-state index contributed by atoms with van der Waals surface area (Å²) in [5.41, 5.74) is 0.382. The van der Waals surface area contributed by atoms with Crippen molar-refractivity contribution in [1.29, 1.82) is 0 Å². The Bertz CT molecular complexity index is 639. The quantitative estimate of drug-likeness (QED) is 0.832. The molecule has 1 N–H and O–H groups in total. The summed E-state index contributed by atoms with van der Waals surface area (Å²) in [4.78, 5) is 24.4. The second-order valence-electron chi connectivity index (χ2n) is 4.61. The SMILES string of the molecule is COC(=O)c1cccc(OCC(=O)N[C@H](C)c2cccs2)c1. The van der Waals surface area contributed by atoms with Crippen LogP contribution in [-0.2, 0) is 9.53 Å². The van der Waals surface area contributed by atoms with Gasteiger partial charge in [0, 0.05) is 4.88 Å². The van der Waals surface area contributed by atoms with Crippen LogP contribution >= 0.6 is 11.3 Å². The number of ether oxygens (including phenoxy) is 2. The number of carbonyl (C=O) groups is 2. The Kier molecular flexibility index (Phi) is 5.55. The van der Waals surface area contributed by atoms with Gasteiger partial charge in [-0.25, -0.2) is 4.79 Å². The molecule has 22 heavy (non-hydrogen) atoms. The maximum absolute atomic E-state index is 11.9. The van der Waals surface area contributed by atoms with Gasteiger partial charge in [-0.2, -0.15) is 0 Å². The summed E-state index contributed by atoms with van der Waals surface area (Å²) in [5, 5.41) is 4.82. The maximum atomic E-state index is 11.9. The lowest BCUT2D eigenvalue weighted by Crippen LogP contribution is -2.30. The third-order valence-electron chi connectivity index (χ3n) is 2.97. The first-order chi connectivity index (χ1) is 10.6. The van der Waals surface area contributed by atoms with Crippen LogP contribution in [0.15, 0.2) is 41.8 Å². The Morgan fingerprint density at radius 2 is 2.09 bits per heavy atom. The average molecular weight is 319 g/mol. The van der Waals surface area contributed by atoms with Crippen molar-refractivity contribution >= 4 is 23.2 Å². The first kappa shape index (κ1) is 16.0. The summed E-state index contributed by atoms with van der Waals surface area (Å²) in [5.74, 6) is -0.215. The van der Waals surface area contributed by atoms with E-state index >= 15 is 0 Å². The van der Waals surface area contributed by atoms with Gasteiger partial charge in [0.2, 0.25) is 0 Å². The maximum Gasteiger partial charge on any atom is 0.337 e. The summed E-state index contributed by atoms with van der Waals surface area (Å²) >= 11 is 1.59. The normalized spacial score (nSPS) is 11.5. The number of carbonyl (C=O) groups excluding carboxylic acids is 2. The lowest BCUT2D eigenvalue weighted by atomic mass is 10.2. The van der Waals surface area contributed by atoms with Crippen LogP contribution in [0.25, 0.3) is 0 Å². The summed E-state index contributed by atoms with van der Waals surface area (Å²) in [7, 11) is 1.31. The minimum absolute atomic E-state index is 0.0579. The van der Waals surface area contributed by atoms with Crippen LogP contribution in [-0.4, -0.2) is 25.6 Å². The van der Waals surface area contributed by atoms with E-state index < -0.39 is 5.97 Å². The van der Waals surface area contributed by atoms with Crippen molar-refractivity contribution in [3.05, 3.63) is 52.2 Å². The molecule has 0 aliphatic carbocycles. The van der Waals surface area contributed by atoms with Crippen LogP contribution < -0.4 is 10.1 Å². The van der Waals surface area contributed by atoms with E-state index in [1.165, 1.54) is 7.11 Å². The molecule has 0 saturated carbocycles. The highest BCUT2D eigenvalue weighted by Crippen LogP contribution is 2.18. The second kappa shape index (κ2) is 7.61. The van der Waals surface area contributed by atoms with Crippen molar-refractivity contribution in [3.8, 4) is 5.75 Å². The van der Waals surface area contributed by atoms with Crippen LogP contribution in [0.5, 0.6) is 5.75 Å². The molecule has 0 unspecified atom stereocenters. The molecule has 1 aromatic carbocycles. The van der Waals surface area contributed by atoms with E-state index in [9.17, 15) is 9.59 Å². The number of esters is 1. The standard InChI is InChI=1S/C16H17NO4S/c1-11(14-7-4-8-22-14)17-15(18)10-21-13-6-3-5-12(9-13)16(19)20-2/h3-9,11H,10H2,1-2H3,(H,17,18)/t11-/m1/s1. The van der Waals surface area contributed by atoms with E-state index in [1.807, 2.05) is 24.4 Å². The molecule has 0 aliphatic heterocycles. The third kappa shape index (κ3) is 4.33. The average Bonchev–Trinajstić information content (AvgIpc) is 3.07. The lowest BCUT2D eigenvalue weighted by Gasteiger charge is -2.13. The third-order valence-corrected chi connectivity index (χ3v) is 4.03. The zero-order chi connectivity index (χ0) is 15.9. The van der Waals surface area contributed by atoms with E-state index in [2.05, 4.69) is 10.1 Å². The number of rotatable bonds is 6. The smallest absolute Gasteiger partial charge is 0.337 e. The van der Waals surface area contributed by atoms with Crippen LogP contribution in [0.4, 0.5) is 0 Å². The molecule has 5 nitrogen and oxygen atoms in total. The Hall–Kier alpha value is -2.34. The highest BCUT2D eigenvalue weighted by atomic mass is 32.1. The minimum Gasteiger partial charge on any atom is -0.484 e. The van der Waals surface area contributed by atoms with E-state index in [1.54, 1.807) is 35.6 Å². The van der Waals surface area contributed by atoms with Crippen molar-refractivity contribution in [2.45, 2.75) is 13.0 Å². The van der Waals surface area contributed by atoms with Crippen molar-refractivity contribution in [2.24, 2.45) is 0 Å². The van der Waals surface area contributed by atoms with Gasteiger partial charge in [0.25, 0.3) is 5.91 Å². The molecule has 2 rings (SSSR count). The van der Waals surface area contributed by atoms with Crippen LogP contribution in [0, 0.1) is 0 Å². The number of benzene rings is 1. The number of nitrogens with one attached hydrogen (secondary N) is 1. The van der Waals surface area contributed by atoms with Crippen LogP contribution in [0.3, 0.4) is 0 Å². The number of thiophene rings is 1. The monoisotopic (exact) mass is 319 g/mol. The number of amides is 1. The van der Waals surface area contributed by atoms with Gasteiger partial charge in [-0.05, 0) is 36.6 Å². The molecule has 0 radical (unpaired) electrons. The summed E-state index contributed by atoms with van der Waals surface area (Å²) in [6.45, 7) is 1.81. The molecule has 116 valence electrons. The number of hydrogen-bond donors (Lipinski definition) is 1. The first-order valence-corrected chi connectivity index (χ1v) is 7.62. The van der Waals surface area contributed by atoms with E-state index in [0.29, 0.717) is 11.3 Å². The summed E-state index contributed by atoms with van der Waals surface area (Å²) in [6, 6.07) is 10.4. The predicted molar refractivity (Wildman–Crippen MR) is 84.2 cm³/mol. The molecule has 2 aromatic rings. The van der Waals surface area contributed by atoms with E-state index in [0.717, 1.165) is 4.88 Å². The molecule has 1 aromatic heterocycles. The van der Waals surface area contributed by atoms with Gasteiger partial charge in [0.1, 0.15) is 5.75 Å². The Morgan fingerprint density at radius 3 is 2.77 bits per heavy atom. The zero-order valence-electron chi connectivity index (χ0n) is 12.4. The predicted octanol–water partition coefficient (Wildman–Crippen LogP) is 2.79.